The predicted octanol–water partition coefficient (Wildman–Crippen LogP) is 4.47. The van der Waals surface area contributed by atoms with Crippen LogP contribution in [-0.2, 0) is 22.0 Å². The Morgan fingerprint density at radius 3 is 2.43 bits per heavy atom. The molecule has 2 heterocycles. The molecule has 186 valence electrons. The zero-order chi connectivity index (χ0) is 25.2. The van der Waals surface area contributed by atoms with E-state index in [1.165, 1.54) is 29.5 Å². The number of aromatic nitrogens is 2. The van der Waals surface area contributed by atoms with Gasteiger partial charge in [0.05, 0.1) is 17.0 Å². The van der Waals surface area contributed by atoms with Crippen molar-refractivity contribution in [1.29, 1.82) is 0 Å². The first-order valence-electron chi connectivity index (χ1n) is 11.5. The van der Waals surface area contributed by atoms with Crippen LogP contribution in [0.15, 0.2) is 56.8 Å². The van der Waals surface area contributed by atoms with Gasteiger partial charge < -0.3 is 9.42 Å². The van der Waals surface area contributed by atoms with Crippen molar-refractivity contribution in [2.75, 3.05) is 19.3 Å². The molecule has 3 aromatic rings. The molecule has 0 unspecified atom stereocenters. The lowest BCUT2D eigenvalue weighted by atomic mass is 9.87. The molecule has 4 rings (SSSR count). The number of carbonyl (C=O) groups excluding carboxylic acids is 1. The van der Waals surface area contributed by atoms with Gasteiger partial charge in [0.25, 0.3) is 5.91 Å². The standard InChI is InChI=1S/C25H30N4O4S2/c1-25(2,3)18-9-7-17(8-10-18)23-27-22(33-28-23)16-26-35(31,32)19-11-12-21(34-4)20(15-19)24(30)29-13-5-6-14-29/h7-12,15,26H,5-6,13-14,16H2,1-4H3. The van der Waals surface area contributed by atoms with Gasteiger partial charge in [-0.15, -0.1) is 11.8 Å². The van der Waals surface area contributed by atoms with Crippen LogP contribution in [0, 0.1) is 0 Å². The fraction of sp³-hybridized carbons (Fsp3) is 0.400. The number of carbonyl (C=O) groups is 1. The van der Waals surface area contributed by atoms with E-state index in [2.05, 4.69) is 35.6 Å². The summed E-state index contributed by atoms with van der Waals surface area (Å²) in [6.45, 7) is 7.65. The topological polar surface area (TPSA) is 105 Å². The van der Waals surface area contributed by atoms with Crippen molar-refractivity contribution in [3.63, 3.8) is 0 Å². The minimum Gasteiger partial charge on any atom is -0.339 e. The fourth-order valence-electron chi connectivity index (χ4n) is 3.92. The highest BCUT2D eigenvalue weighted by Gasteiger charge is 2.25. The van der Waals surface area contributed by atoms with Crippen LogP contribution in [0.1, 0.15) is 55.4 Å². The molecule has 1 aromatic heterocycles. The summed E-state index contributed by atoms with van der Waals surface area (Å²) in [6, 6.07) is 12.5. The van der Waals surface area contributed by atoms with Crippen molar-refractivity contribution in [3.8, 4) is 11.4 Å². The number of benzene rings is 2. The van der Waals surface area contributed by atoms with Gasteiger partial charge in [0.15, 0.2) is 0 Å². The van der Waals surface area contributed by atoms with Crippen molar-refractivity contribution in [2.45, 2.75) is 55.4 Å². The maximum atomic E-state index is 13.0. The third-order valence-electron chi connectivity index (χ3n) is 6.00. The summed E-state index contributed by atoms with van der Waals surface area (Å²) in [5, 5.41) is 3.98. The second-order valence-corrected chi connectivity index (χ2v) is 12.1. The SMILES string of the molecule is CSc1ccc(S(=O)(=O)NCc2nc(-c3ccc(C(C)(C)C)cc3)no2)cc1C(=O)N1CCCC1. The summed E-state index contributed by atoms with van der Waals surface area (Å²) in [7, 11) is -3.90. The van der Waals surface area contributed by atoms with Gasteiger partial charge in [0, 0.05) is 23.5 Å². The number of likely N-dealkylation sites (tertiary alicyclic amines) is 1. The Balaban J connectivity index is 1.48. The summed E-state index contributed by atoms with van der Waals surface area (Å²) in [6.07, 6.45) is 3.80. The van der Waals surface area contributed by atoms with Crippen molar-refractivity contribution in [1.82, 2.24) is 19.8 Å². The second-order valence-electron chi connectivity index (χ2n) is 9.53. The molecule has 1 saturated heterocycles. The lowest BCUT2D eigenvalue weighted by Gasteiger charge is -2.18. The number of hydrogen-bond acceptors (Lipinski definition) is 7. The second kappa shape index (κ2) is 10.1. The molecule has 1 N–H and O–H groups in total. The highest BCUT2D eigenvalue weighted by molar-refractivity contribution is 7.98. The van der Waals surface area contributed by atoms with Gasteiger partial charge in [-0.25, -0.2) is 13.1 Å². The van der Waals surface area contributed by atoms with Gasteiger partial charge >= 0.3 is 0 Å². The minimum absolute atomic E-state index is 0.0235. The number of rotatable bonds is 7. The van der Waals surface area contributed by atoms with E-state index in [9.17, 15) is 13.2 Å². The number of hydrogen-bond donors (Lipinski definition) is 1. The van der Waals surface area contributed by atoms with Crippen LogP contribution < -0.4 is 4.72 Å². The zero-order valence-electron chi connectivity index (χ0n) is 20.4. The molecule has 8 nitrogen and oxygen atoms in total. The highest BCUT2D eigenvalue weighted by Crippen LogP contribution is 2.27. The molecule has 0 aliphatic carbocycles. The molecule has 1 fully saturated rings. The van der Waals surface area contributed by atoms with Gasteiger partial charge in [0.2, 0.25) is 21.7 Å². The molecule has 10 heteroatoms. The molecule has 2 aromatic carbocycles. The minimum atomic E-state index is -3.90. The van der Waals surface area contributed by atoms with E-state index in [4.69, 9.17) is 4.52 Å². The number of nitrogens with one attached hydrogen (secondary N) is 1. The number of amides is 1. The average Bonchev–Trinajstić information content (AvgIpc) is 3.54. The molecule has 35 heavy (non-hydrogen) atoms. The van der Waals surface area contributed by atoms with Crippen LogP contribution in [0.3, 0.4) is 0 Å². The molecule has 1 aliphatic heterocycles. The summed E-state index contributed by atoms with van der Waals surface area (Å²) in [5.74, 6) is 0.406. The Labute approximate surface area is 210 Å². The quantitative estimate of drug-likeness (QED) is 0.464. The lowest BCUT2D eigenvalue weighted by molar-refractivity contribution is 0.0789. The van der Waals surface area contributed by atoms with Crippen LogP contribution in [0.25, 0.3) is 11.4 Å². The van der Waals surface area contributed by atoms with Crippen molar-refractivity contribution in [2.24, 2.45) is 0 Å². The number of nitrogens with zero attached hydrogens (tertiary/aromatic N) is 3. The predicted molar refractivity (Wildman–Crippen MR) is 136 cm³/mol. The third kappa shape index (κ3) is 5.76. The van der Waals surface area contributed by atoms with Gasteiger partial charge in [-0.3, -0.25) is 4.79 Å². The van der Waals surface area contributed by atoms with Gasteiger partial charge in [0.1, 0.15) is 0 Å². The molecule has 0 radical (unpaired) electrons. The first kappa shape index (κ1) is 25.4. The smallest absolute Gasteiger partial charge is 0.255 e. The van der Waals surface area contributed by atoms with Gasteiger partial charge in [-0.1, -0.05) is 50.2 Å². The first-order valence-corrected chi connectivity index (χ1v) is 14.2. The van der Waals surface area contributed by atoms with Gasteiger partial charge in [-0.05, 0) is 48.3 Å². The Hall–Kier alpha value is -2.69. The van der Waals surface area contributed by atoms with E-state index >= 15 is 0 Å². The molecule has 1 amide bonds. The van der Waals surface area contributed by atoms with Crippen LogP contribution in [0.5, 0.6) is 0 Å². The van der Waals surface area contributed by atoms with E-state index in [1.54, 1.807) is 11.0 Å². The lowest BCUT2D eigenvalue weighted by Crippen LogP contribution is -2.29. The molecular weight excluding hydrogens is 484 g/mol. The monoisotopic (exact) mass is 514 g/mol. The molecule has 0 bridgehead atoms. The molecular formula is C25H30N4O4S2. The van der Waals surface area contributed by atoms with Crippen LogP contribution in [-0.4, -0.2) is 48.7 Å². The summed E-state index contributed by atoms with van der Waals surface area (Å²) in [4.78, 5) is 19.8. The maximum Gasteiger partial charge on any atom is 0.255 e. The highest BCUT2D eigenvalue weighted by atomic mass is 32.2. The van der Waals surface area contributed by atoms with Crippen LogP contribution in [0.4, 0.5) is 0 Å². The summed E-state index contributed by atoms with van der Waals surface area (Å²) in [5.41, 5.74) is 2.41. The van der Waals surface area contributed by atoms with Crippen molar-refractivity contribution < 1.29 is 17.7 Å². The van der Waals surface area contributed by atoms with E-state index in [1.807, 2.05) is 30.5 Å². The number of thioether (sulfide) groups is 1. The third-order valence-corrected chi connectivity index (χ3v) is 8.19. The normalized spacial score (nSPS) is 14.5. The molecule has 0 spiro atoms. The maximum absolute atomic E-state index is 13.0. The Morgan fingerprint density at radius 2 is 1.80 bits per heavy atom. The molecule has 1 aliphatic rings. The Bertz CT molecular complexity index is 1310. The van der Waals surface area contributed by atoms with Crippen LogP contribution in [0.2, 0.25) is 0 Å². The Kier molecular flexibility index (Phi) is 7.35. The van der Waals surface area contributed by atoms with E-state index in [0.29, 0.717) is 24.5 Å². The fourth-order valence-corrected chi connectivity index (χ4v) is 5.49. The van der Waals surface area contributed by atoms with E-state index < -0.39 is 10.0 Å². The molecule has 0 atom stereocenters. The van der Waals surface area contributed by atoms with E-state index in [0.717, 1.165) is 23.3 Å². The average molecular weight is 515 g/mol. The van der Waals surface area contributed by atoms with Crippen molar-refractivity contribution >= 4 is 27.7 Å². The zero-order valence-corrected chi connectivity index (χ0v) is 22.0. The van der Waals surface area contributed by atoms with Gasteiger partial charge in [-0.2, -0.15) is 4.98 Å². The number of sulfonamides is 1. The van der Waals surface area contributed by atoms with E-state index in [-0.39, 0.29) is 28.7 Å². The summed E-state index contributed by atoms with van der Waals surface area (Å²) >= 11 is 1.42. The summed E-state index contributed by atoms with van der Waals surface area (Å²) < 4.78 is 33.7. The largest absolute Gasteiger partial charge is 0.339 e. The first-order chi connectivity index (χ1) is 16.6. The Morgan fingerprint density at radius 1 is 1.11 bits per heavy atom. The molecule has 0 saturated carbocycles. The van der Waals surface area contributed by atoms with Crippen molar-refractivity contribution in [3.05, 3.63) is 59.5 Å². The van der Waals surface area contributed by atoms with Crippen LogP contribution >= 0.6 is 11.8 Å².